The lowest BCUT2D eigenvalue weighted by Gasteiger charge is -2.07. The highest BCUT2D eigenvalue weighted by molar-refractivity contribution is 9.10. The number of nitriles is 1. The van der Waals surface area contributed by atoms with Crippen LogP contribution in [0, 0.1) is 11.3 Å². The molecule has 0 atom stereocenters. The van der Waals surface area contributed by atoms with E-state index in [1.807, 2.05) is 24.4 Å². The molecule has 1 N–H and O–H groups in total. The van der Waals surface area contributed by atoms with E-state index in [4.69, 9.17) is 5.26 Å². The number of anilines is 1. The van der Waals surface area contributed by atoms with E-state index >= 15 is 0 Å². The smallest absolute Gasteiger partial charge is 0.0992 e. The minimum absolute atomic E-state index is 0.647. The number of nitrogens with one attached hydrogen (secondary N) is 1. The summed E-state index contributed by atoms with van der Waals surface area (Å²) in [4.78, 5) is 4.07. The van der Waals surface area contributed by atoms with Crippen LogP contribution in [-0.4, -0.2) is 11.5 Å². The van der Waals surface area contributed by atoms with Crippen LogP contribution in [-0.2, 0) is 6.42 Å². The molecule has 18 heavy (non-hydrogen) atoms. The molecule has 1 aromatic heterocycles. The molecule has 0 amide bonds. The zero-order valence-electron chi connectivity index (χ0n) is 9.73. The summed E-state index contributed by atoms with van der Waals surface area (Å²) in [7, 11) is 0. The van der Waals surface area contributed by atoms with Crippen molar-refractivity contribution in [3.63, 3.8) is 0 Å². The van der Waals surface area contributed by atoms with E-state index in [9.17, 15) is 0 Å². The summed E-state index contributed by atoms with van der Waals surface area (Å²) in [5.41, 5.74) is 2.79. The van der Waals surface area contributed by atoms with Gasteiger partial charge < -0.3 is 5.32 Å². The Morgan fingerprint density at radius 2 is 2.22 bits per heavy atom. The van der Waals surface area contributed by atoms with Crippen molar-refractivity contribution in [2.24, 2.45) is 0 Å². The van der Waals surface area contributed by atoms with E-state index in [0.29, 0.717) is 5.56 Å². The van der Waals surface area contributed by atoms with Gasteiger partial charge in [0.25, 0.3) is 0 Å². The third-order valence-corrected chi connectivity index (χ3v) is 2.95. The van der Waals surface area contributed by atoms with Gasteiger partial charge in [-0.25, -0.2) is 0 Å². The first-order chi connectivity index (χ1) is 8.78. The van der Waals surface area contributed by atoms with Gasteiger partial charge >= 0.3 is 0 Å². The van der Waals surface area contributed by atoms with Gasteiger partial charge in [0.05, 0.1) is 11.6 Å². The molecule has 0 unspecified atom stereocenters. The van der Waals surface area contributed by atoms with Gasteiger partial charge in [-0.15, -0.1) is 0 Å². The molecule has 0 fully saturated rings. The Balaban J connectivity index is 1.95. The fraction of sp³-hybridized carbons (Fsp3) is 0.143. The zero-order valence-corrected chi connectivity index (χ0v) is 11.3. The maximum Gasteiger partial charge on any atom is 0.0992 e. The molecule has 90 valence electrons. The van der Waals surface area contributed by atoms with E-state index in [1.54, 1.807) is 12.3 Å². The van der Waals surface area contributed by atoms with Gasteiger partial charge in [-0.1, -0.05) is 22.0 Å². The van der Waals surface area contributed by atoms with Crippen molar-refractivity contribution in [3.8, 4) is 6.07 Å². The monoisotopic (exact) mass is 301 g/mol. The van der Waals surface area contributed by atoms with Crippen LogP contribution in [0.15, 0.2) is 47.2 Å². The third kappa shape index (κ3) is 3.57. The SMILES string of the molecule is N#Cc1cc(Br)cc(NCCc2cccnc2)c1. The van der Waals surface area contributed by atoms with Crippen molar-refractivity contribution in [2.45, 2.75) is 6.42 Å². The van der Waals surface area contributed by atoms with Crippen molar-refractivity contribution >= 4 is 21.6 Å². The number of aromatic nitrogens is 1. The third-order valence-electron chi connectivity index (χ3n) is 2.49. The fourth-order valence-corrected chi connectivity index (χ4v) is 2.15. The average molecular weight is 302 g/mol. The van der Waals surface area contributed by atoms with E-state index in [-0.39, 0.29) is 0 Å². The van der Waals surface area contributed by atoms with E-state index in [2.05, 4.69) is 38.4 Å². The molecule has 0 bridgehead atoms. The molecule has 0 aliphatic rings. The summed E-state index contributed by atoms with van der Waals surface area (Å²) < 4.78 is 0.908. The van der Waals surface area contributed by atoms with Crippen LogP contribution in [0.3, 0.4) is 0 Å². The normalized spacial score (nSPS) is 9.78. The van der Waals surface area contributed by atoms with Gasteiger partial charge in [-0.05, 0) is 36.2 Å². The minimum Gasteiger partial charge on any atom is -0.385 e. The lowest BCUT2D eigenvalue weighted by molar-refractivity contribution is 1.00. The number of halogens is 1. The van der Waals surface area contributed by atoms with Crippen LogP contribution in [0.4, 0.5) is 5.69 Å². The summed E-state index contributed by atoms with van der Waals surface area (Å²) in [6.07, 6.45) is 4.54. The van der Waals surface area contributed by atoms with Gasteiger partial charge in [0, 0.05) is 29.1 Å². The van der Waals surface area contributed by atoms with Gasteiger partial charge in [-0.3, -0.25) is 4.98 Å². The topological polar surface area (TPSA) is 48.7 Å². The molecule has 4 heteroatoms. The molecule has 2 rings (SSSR count). The number of pyridine rings is 1. The molecule has 3 nitrogen and oxygen atoms in total. The first-order valence-electron chi connectivity index (χ1n) is 5.61. The summed E-state index contributed by atoms with van der Waals surface area (Å²) >= 11 is 3.39. The standard InChI is InChI=1S/C14H12BrN3/c15-13-6-12(9-16)7-14(8-13)18-5-3-11-2-1-4-17-10-11/h1-2,4,6-8,10,18H,3,5H2. The molecule has 0 saturated carbocycles. The highest BCUT2D eigenvalue weighted by Crippen LogP contribution is 2.19. The highest BCUT2D eigenvalue weighted by atomic mass is 79.9. The second-order valence-electron chi connectivity index (χ2n) is 3.88. The Morgan fingerprint density at radius 1 is 1.33 bits per heavy atom. The van der Waals surface area contributed by atoms with Crippen LogP contribution in [0.5, 0.6) is 0 Å². The van der Waals surface area contributed by atoms with Crippen molar-refractivity contribution < 1.29 is 0 Å². The molecule has 1 aromatic carbocycles. The van der Waals surface area contributed by atoms with Crippen LogP contribution in [0.2, 0.25) is 0 Å². The number of benzene rings is 1. The number of rotatable bonds is 4. The summed E-state index contributed by atoms with van der Waals surface area (Å²) in [6, 6.07) is 11.7. The Hall–Kier alpha value is -1.86. The van der Waals surface area contributed by atoms with Crippen molar-refractivity contribution in [3.05, 3.63) is 58.3 Å². The van der Waals surface area contributed by atoms with E-state index in [0.717, 1.165) is 23.1 Å². The first-order valence-corrected chi connectivity index (χ1v) is 6.41. The minimum atomic E-state index is 0.647. The second-order valence-corrected chi connectivity index (χ2v) is 4.79. The molecule has 0 spiro atoms. The average Bonchev–Trinajstić information content (AvgIpc) is 2.39. The van der Waals surface area contributed by atoms with Crippen molar-refractivity contribution in [1.82, 2.24) is 4.98 Å². The first kappa shape index (κ1) is 12.6. The number of hydrogen-bond donors (Lipinski definition) is 1. The Kier molecular flexibility index (Phi) is 4.32. The predicted octanol–water partition coefficient (Wildman–Crippen LogP) is 3.37. The Morgan fingerprint density at radius 3 is 2.94 bits per heavy atom. The maximum atomic E-state index is 8.88. The summed E-state index contributed by atoms with van der Waals surface area (Å²) in [6.45, 7) is 0.813. The van der Waals surface area contributed by atoms with E-state index < -0.39 is 0 Å². The fourth-order valence-electron chi connectivity index (χ4n) is 1.65. The van der Waals surface area contributed by atoms with Crippen LogP contribution in [0.25, 0.3) is 0 Å². The maximum absolute atomic E-state index is 8.88. The predicted molar refractivity (Wildman–Crippen MR) is 75.3 cm³/mol. The Bertz CT molecular complexity index is 561. The number of nitrogens with zero attached hydrogens (tertiary/aromatic N) is 2. The zero-order chi connectivity index (χ0) is 12.8. The number of hydrogen-bond acceptors (Lipinski definition) is 3. The second kappa shape index (κ2) is 6.18. The lowest BCUT2D eigenvalue weighted by atomic mass is 10.2. The van der Waals surface area contributed by atoms with Crippen LogP contribution < -0.4 is 5.32 Å². The summed E-state index contributed by atoms with van der Waals surface area (Å²) in [5, 5.41) is 12.2. The van der Waals surface area contributed by atoms with Gasteiger partial charge in [-0.2, -0.15) is 5.26 Å². The van der Waals surface area contributed by atoms with Crippen LogP contribution >= 0.6 is 15.9 Å². The summed E-state index contributed by atoms with van der Waals surface area (Å²) in [5.74, 6) is 0. The van der Waals surface area contributed by atoms with Gasteiger partial charge in [0.15, 0.2) is 0 Å². The van der Waals surface area contributed by atoms with E-state index in [1.165, 1.54) is 5.56 Å². The molecule has 0 aliphatic carbocycles. The molecule has 2 aromatic rings. The van der Waals surface area contributed by atoms with Crippen molar-refractivity contribution in [1.29, 1.82) is 5.26 Å². The van der Waals surface area contributed by atoms with Gasteiger partial charge in [0.2, 0.25) is 0 Å². The Labute approximate surface area is 115 Å². The van der Waals surface area contributed by atoms with Gasteiger partial charge in [0.1, 0.15) is 0 Å². The molecule has 0 saturated heterocycles. The highest BCUT2D eigenvalue weighted by Gasteiger charge is 1.99. The molecular weight excluding hydrogens is 290 g/mol. The molecular formula is C14H12BrN3. The van der Waals surface area contributed by atoms with Crippen LogP contribution in [0.1, 0.15) is 11.1 Å². The quantitative estimate of drug-likeness (QED) is 0.942. The van der Waals surface area contributed by atoms with Crippen molar-refractivity contribution in [2.75, 3.05) is 11.9 Å². The molecule has 1 heterocycles. The largest absolute Gasteiger partial charge is 0.385 e. The molecule has 0 radical (unpaired) electrons. The lowest BCUT2D eigenvalue weighted by Crippen LogP contribution is -2.05. The molecule has 0 aliphatic heterocycles.